The molecule has 1 aromatic heterocycles. The SMILES string of the molecule is O=C1C[C@@H](C(=O)N2CCC[C@H]2c2nc3ccccc3s2)CN1c1ccccc1F. The van der Waals surface area contributed by atoms with Gasteiger partial charge in [-0.25, -0.2) is 9.37 Å². The van der Waals surface area contributed by atoms with Gasteiger partial charge in [0.05, 0.1) is 27.9 Å². The van der Waals surface area contributed by atoms with Crippen LogP contribution in [0.15, 0.2) is 48.5 Å². The van der Waals surface area contributed by atoms with E-state index in [-0.39, 0.29) is 36.5 Å². The molecule has 29 heavy (non-hydrogen) atoms. The van der Waals surface area contributed by atoms with Gasteiger partial charge in [-0.15, -0.1) is 11.3 Å². The maximum absolute atomic E-state index is 14.1. The molecule has 3 aromatic rings. The van der Waals surface area contributed by atoms with E-state index in [2.05, 4.69) is 0 Å². The number of benzene rings is 2. The lowest BCUT2D eigenvalue weighted by Gasteiger charge is -2.26. The lowest BCUT2D eigenvalue weighted by atomic mass is 10.1. The largest absolute Gasteiger partial charge is 0.333 e. The fourth-order valence-electron chi connectivity index (χ4n) is 4.33. The second-order valence-corrected chi connectivity index (χ2v) is 8.63. The lowest BCUT2D eigenvalue weighted by molar-refractivity contribution is -0.136. The highest BCUT2D eigenvalue weighted by atomic mass is 32.1. The Labute approximate surface area is 171 Å². The number of thiazole rings is 1. The third-order valence-electron chi connectivity index (χ3n) is 5.75. The summed E-state index contributed by atoms with van der Waals surface area (Å²) < 4.78 is 15.2. The maximum Gasteiger partial charge on any atom is 0.228 e. The van der Waals surface area contributed by atoms with E-state index in [9.17, 15) is 14.0 Å². The van der Waals surface area contributed by atoms with Gasteiger partial charge in [0, 0.05) is 19.5 Å². The van der Waals surface area contributed by atoms with Crippen LogP contribution in [0.4, 0.5) is 10.1 Å². The van der Waals surface area contributed by atoms with E-state index >= 15 is 0 Å². The zero-order valence-electron chi connectivity index (χ0n) is 15.8. The number of hydrogen-bond donors (Lipinski definition) is 0. The van der Waals surface area contributed by atoms with Crippen molar-refractivity contribution in [3.63, 3.8) is 0 Å². The monoisotopic (exact) mass is 409 g/mol. The summed E-state index contributed by atoms with van der Waals surface area (Å²) in [5, 5.41) is 0.951. The van der Waals surface area contributed by atoms with Gasteiger partial charge in [-0.05, 0) is 37.1 Å². The summed E-state index contributed by atoms with van der Waals surface area (Å²) in [5.41, 5.74) is 1.20. The fraction of sp³-hybridized carbons (Fsp3) is 0.318. The summed E-state index contributed by atoms with van der Waals surface area (Å²) in [5.74, 6) is -1.12. The first-order chi connectivity index (χ1) is 14.1. The highest BCUT2D eigenvalue weighted by Gasteiger charge is 2.41. The smallest absolute Gasteiger partial charge is 0.228 e. The molecule has 0 N–H and O–H groups in total. The van der Waals surface area contributed by atoms with E-state index in [0.717, 1.165) is 28.1 Å². The first kappa shape index (κ1) is 18.2. The van der Waals surface area contributed by atoms with E-state index in [1.54, 1.807) is 29.5 Å². The van der Waals surface area contributed by atoms with Gasteiger partial charge in [-0.2, -0.15) is 0 Å². The first-order valence-electron chi connectivity index (χ1n) is 9.82. The number of carbonyl (C=O) groups is 2. The first-order valence-corrected chi connectivity index (χ1v) is 10.6. The maximum atomic E-state index is 14.1. The van der Waals surface area contributed by atoms with Crippen LogP contribution in [-0.4, -0.2) is 34.8 Å². The minimum Gasteiger partial charge on any atom is -0.333 e. The minimum absolute atomic E-state index is 0.0288. The predicted octanol–water partition coefficient (Wildman–Crippen LogP) is 4.15. The molecule has 2 aromatic carbocycles. The van der Waals surface area contributed by atoms with Crippen molar-refractivity contribution >= 4 is 39.1 Å². The number of hydrogen-bond acceptors (Lipinski definition) is 4. The Kier molecular flexibility index (Phi) is 4.54. The second kappa shape index (κ2) is 7.22. The van der Waals surface area contributed by atoms with Crippen molar-refractivity contribution in [2.75, 3.05) is 18.0 Å². The van der Waals surface area contributed by atoms with Crippen LogP contribution in [0.5, 0.6) is 0 Å². The Hall–Kier alpha value is -2.80. The highest BCUT2D eigenvalue weighted by Crippen LogP contribution is 2.38. The van der Waals surface area contributed by atoms with Gasteiger partial charge in [0.1, 0.15) is 10.8 Å². The molecule has 5 rings (SSSR count). The number of nitrogens with zero attached hydrogens (tertiary/aromatic N) is 3. The van der Waals surface area contributed by atoms with Gasteiger partial charge in [0.25, 0.3) is 0 Å². The number of aromatic nitrogens is 1. The van der Waals surface area contributed by atoms with Crippen LogP contribution >= 0.6 is 11.3 Å². The van der Waals surface area contributed by atoms with Crippen LogP contribution in [0.3, 0.4) is 0 Å². The van der Waals surface area contributed by atoms with Crippen molar-refractivity contribution in [2.45, 2.75) is 25.3 Å². The molecular weight excluding hydrogens is 389 g/mol. The Morgan fingerprint density at radius 3 is 2.76 bits per heavy atom. The number of fused-ring (bicyclic) bond motifs is 1. The Balaban J connectivity index is 1.37. The zero-order chi connectivity index (χ0) is 20.0. The molecule has 0 unspecified atom stereocenters. The number of likely N-dealkylation sites (tertiary alicyclic amines) is 1. The molecule has 5 nitrogen and oxygen atoms in total. The second-order valence-electron chi connectivity index (χ2n) is 7.57. The van der Waals surface area contributed by atoms with E-state index in [0.29, 0.717) is 6.54 Å². The van der Waals surface area contributed by atoms with Gasteiger partial charge >= 0.3 is 0 Å². The number of carbonyl (C=O) groups excluding carboxylic acids is 2. The molecule has 2 aliphatic rings. The van der Waals surface area contributed by atoms with Crippen LogP contribution in [0, 0.1) is 11.7 Å². The van der Waals surface area contributed by atoms with Crippen molar-refractivity contribution < 1.29 is 14.0 Å². The summed E-state index contributed by atoms with van der Waals surface area (Å²) in [4.78, 5) is 33.8. The lowest BCUT2D eigenvalue weighted by Crippen LogP contribution is -2.37. The standard InChI is InChI=1S/C22H20FN3O2S/c23-15-6-1-3-8-17(15)26-13-14(12-20(26)27)22(28)25-11-5-9-18(25)21-24-16-7-2-4-10-19(16)29-21/h1-4,6-8,10,14,18H,5,9,11-13H2/t14-,18+/m1/s1. The summed E-state index contributed by atoms with van der Waals surface area (Å²) in [6, 6.07) is 14.1. The molecule has 2 aliphatic heterocycles. The molecule has 0 radical (unpaired) electrons. The molecule has 0 spiro atoms. The van der Waals surface area contributed by atoms with Crippen molar-refractivity contribution in [3.8, 4) is 0 Å². The van der Waals surface area contributed by atoms with Crippen molar-refractivity contribution in [2.24, 2.45) is 5.92 Å². The van der Waals surface area contributed by atoms with Crippen LogP contribution in [0.2, 0.25) is 0 Å². The molecule has 0 saturated carbocycles. The molecule has 148 valence electrons. The topological polar surface area (TPSA) is 53.5 Å². The van der Waals surface area contributed by atoms with E-state index in [4.69, 9.17) is 4.98 Å². The summed E-state index contributed by atoms with van der Waals surface area (Å²) in [6.07, 6.45) is 1.92. The quantitative estimate of drug-likeness (QED) is 0.653. The summed E-state index contributed by atoms with van der Waals surface area (Å²) in [6.45, 7) is 0.894. The van der Waals surface area contributed by atoms with Gasteiger partial charge < -0.3 is 9.80 Å². The Bertz CT molecular complexity index is 1070. The number of rotatable bonds is 3. The third kappa shape index (κ3) is 3.19. The van der Waals surface area contributed by atoms with Crippen molar-refractivity contribution in [1.29, 1.82) is 0 Å². The average molecular weight is 409 g/mol. The van der Waals surface area contributed by atoms with Gasteiger partial charge in [0.2, 0.25) is 11.8 Å². The van der Waals surface area contributed by atoms with Crippen LogP contribution in [-0.2, 0) is 9.59 Å². The number of para-hydroxylation sites is 2. The van der Waals surface area contributed by atoms with Crippen LogP contribution in [0.1, 0.15) is 30.3 Å². The molecule has 0 bridgehead atoms. The Morgan fingerprint density at radius 2 is 1.93 bits per heavy atom. The normalized spacial score (nSPS) is 22.0. The number of halogens is 1. The molecule has 3 heterocycles. The average Bonchev–Trinajstić information content (AvgIpc) is 3.45. The predicted molar refractivity (Wildman–Crippen MR) is 110 cm³/mol. The van der Waals surface area contributed by atoms with Crippen molar-refractivity contribution in [1.82, 2.24) is 9.88 Å². The van der Waals surface area contributed by atoms with Crippen LogP contribution < -0.4 is 4.90 Å². The van der Waals surface area contributed by atoms with Crippen molar-refractivity contribution in [3.05, 3.63) is 59.4 Å². The molecule has 7 heteroatoms. The number of amides is 2. The zero-order valence-corrected chi connectivity index (χ0v) is 16.6. The van der Waals surface area contributed by atoms with Gasteiger partial charge in [-0.3, -0.25) is 9.59 Å². The van der Waals surface area contributed by atoms with E-state index in [1.807, 2.05) is 29.2 Å². The molecule has 0 aliphatic carbocycles. The fourth-order valence-corrected chi connectivity index (χ4v) is 5.45. The third-order valence-corrected chi connectivity index (χ3v) is 6.89. The Morgan fingerprint density at radius 1 is 1.14 bits per heavy atom. The summed E-state index contributed by atoms with van der Waals surface area (Å²) in [7, 11) is 0. The van der Waals surface area contributed by atoms with E-state index in [1.165, 1.54) is 11.0 Å². The van der Waals surface area contributed by atoms with Crippen LogP contribution in [0.25, 0.3) is 10.2 Å². The van der Waals surface area contributed by atoms with Gasteiger partial charge in [0.15, 0.2) is 0 Å². The highest BCUT2D eigenvalue weighted by molar-refractivity contribution is 7.18. The minimum atomic E-state index is -0.447. The number of anilines is 1. The summed E-state index contributed by atoms with van der Waals surface area (Å²) >= 11 is 1.63. The van der Waals surface area contributed by atoms with E-state index < -0.39 is 11.7 Å². The molecule has 2 saturated heterocycles. The van der Waals surface area contributed by atoms with Gasteiger partial charge in [-0.1, -0.05) is 24.3 Å². The molecular formula is C22H20FN3O2S. The molecule has 2 fully saturated rings. The molecule has 2 amide bonds. The molecule has 2 atom stereocenters.